The Balaban J connectivity index is 4.30. The van der Waals surface area contributed by atoms with Crippen LogP contribution >= 0.6 is 0 Å². The van der Waals surface area contributed by atoms with Crippen LogP contribution in [-0.4, -0.2) is 0 Å². The average molecular weight is 167 g/mol. The Bertz CT molecular complexity index is 175. The quantitative estimate of drug-likeness (QED) is 0.640. The molecule has 0 aliphatic rings. The maximum absolute atomic E-state index is 5.66. The van der Waals surface area contributed by atoms with E-state index in [1.165, 1.54) is 5.57 Å². The molecule has 0 aromatic heterocycles. The van der Waals surface area contributed by atoms with Crippen molar-refractivity contribution in [2.75, 3.05) is 0 Å². The molecule has 0 aromatic carbocycles. The first kappa shape index (κ1) is 11.3. The lowest BCUT2D eigenvalue weighted by molar-refractivity contribution is 0.652. The summed E-state index contributed by atoms with van der Waals surface area (Å²) >= 11 is 0. The fourth-order valence-corrected chi connectivity index (χ4v) is 1.10. The predicted octanol–water partition coefficient (Wildman–Crippen LogP) is 3.09. The summed E-state index contributed by atoms with van der Waals surface area (Å²) in [5, 5.41) is 0. The standard InChI is InChI=1S/C11H21N/c1-8(2)6-7-11(9(3)4)10(5)12/h7-9H,5-6,12H2,1-4H3/b11-7-. The van der Waals surface area contributed by atoms with Gasteiger partial charge in [0, 0.05) is 5.70 Å². The van der Waals surface area contributed by atoms with Crippen molar-refractivity contribution in [3.63, 3.8) is 0 Å². The van der Waals surface area contributed by atoms with E-state index in [0.717, 1.165) is 6.42 Å². The van der Waals surface area contributed by atoms with Gasteiger partial charge in [0.25, 0.3) is 0 Å². The molecule has 0 amide bonds. The highest BCUT2D eigenvalue weighted by atomic mass is 14.6. The van der Waals surface area contributed by atoms with Crippen molar-refractivity contribution < 1.29 is 0 Å². The molecule has 0 radical (unpaired) electrons. The van der Waals surface area contributed by atoms with Gasteiger partial charge in [0.15, 0.2) is 0 Å². The first-order valence-electron chi connectivity index (χ1n) is 4.60. The fraction of sp³-hybridized carbons (Fsp3) is 0.636. The molecular formula is C11H21N. The minimum atomic E-state index is 0.487. The van der Waals surface area contributed by atoms with E-state index < -0.39 is 0 Å². The molecule has 0 unspecified atom stereocenters. The molecule has 0 spiro atoms. The molecule has 2 N–H and O–H groups in total. The molecule has 0 heterocycles. The van der Waals surface area contributed by atoms with Crippen LogP contribution in [0.5, 0.6) is 0 Å². The molecule has 0 fully saturated rings. The lowest BCUT2D eigenvalue weighted by atomic mass is 9.97. The van der Waals surface area contributed by atoms with E-state index in [-0.39, 0.29) is 0 Å². The topological polar surface area (TPSA) is 26.0 Å². The molecule has 0 saturated carbocycles. The van der Waals surface area contributed by atoms with Crippen molar-refractivity contribution in [2.45, 2.75) is 34.1 Å². The summed E-state index contributed by atoms with van der Waals surface area (Å²) in [7, 11) is 0. The Morgan fingerprint density at radius 1 is 1.33 bits per heavy atom. The van der Waals surface area contributed by atoms with Crippen molar-refractivity contribution in [1.29, 1.82) is 0 Å². The van der Waals surface area contributed by atoms with Crippen LogP contribution in [0.25, 0.3) is 0 Å². The van der Waals surface area contributed by atoms with Gasteiger partial charge in [-0.1, -0.05) is 40.3 Å². The Hall–Kier alpha value is -0.720. The fourth-order valence-electron chi connectivity index (χ4n) is 1.10. The van der Waals surface area contributed by atoms with Gasteiger partial charge in [-0.3, -0.25) is 0 Å². The molecular weight excluding hydrogens is 146 g/mol. The zero-order valence-electron chi connectivity index (χ0n) is 8.72. The van der Waals surface area contributed by atoms with Crippen LogP contribution < -0.4 is 5.73 Å². The molecule has 0 saturated heterocycles. The van der Waals surface area contributed by atoms with Crippen molar-refractivity contribution in [3.8, 4) is 0 Å². The number of hydrogen-bond acceptors (Lipinski definition) is 1. The van der Waals surface area contributed by atoms with E-state index in [0.29, 0.717) is 17.5 Å². The third-order valence-corrected chi connectivity index (χ3v) is 1.80. The number of nitrogens with two attached hydrogens (primary N) is 1. The van der Waals surface area contributed by atoms with Gasteiger partial charge < -0.3 is 5.73 Å². The van der Waals surface area contributed by atoms with Gasteiger partial charge in [-0.05, 0) is 23.8 Å². The van der Waals surface area contributed by atoms with E-state index in [9.17, 15) is 0 Å². The summed E-state index contributed by atoms with van der Waals surface area (Å²) in [6, 6.07) is 0. The van der Waals surface area contributed by atoms with Crippen LogP contribution in [0.2, 0.25) is 0 Å². The second-order valence-corrected chi connectivity index (χ2v) is 3.97. The maximum atomic E-state index is 5.66. The van der Waals surface area contributed by atoms with Crippen molar-refractivity contribution >= 4 is 0 Å². The van der Waals surface area contributed by atoms with Crippen LogP contribution in [0.3, 0.4) is 0 Å². The van der Waals surface area contributed by atoms with Gasteiger partial charge in [0.2, 0.25) is 0 Å². The van der Waals surface area contributed by atoms with E-state index >= 15 is 0 Å². The third-order valence-electron chi connectivity index (χ3n) is 1.80. The lowest BCUT2D eigenvalue weighted by Crippen LogP contribution is -2.05. The van der Waals surface area contributed by atoms with E-state index in [1.54, 1.807) is 0 Å². The first-order chi connectivity index (χ1) is 5.45. The van der Waals surface area contributed by atoms with Crippen molar-refractivity contribution in [2.24, 2.45) is 17.6 Å². The maximum Gasteiger partial charge on any atom is 0.0272 e. The Labute approximate surface area is 76.3 Å². The highest BCUT2D eigenvalue weighted by molar-refractivity contribution is 5.26. The van der Waals surface area contributed by atoms with Crippen molar-refractivity contribution in [3.05, 3.63) is 23.9 Å². The highest BCUT2D eigenvalue weighted by Crippen LogP contribution is 2.16. The summed E-state index contributed by atoms with van der Waals surface area (Å²) in [5.41, 5.74) is 7.57. The van der Waals surface area contributed by atoms with E-state index in [1.807, 2.05) is 0 Å². The molecule has 0 aliphatic carbocycles. The average Bonchev–Trinajstić information content (AvgIpc) is 1.84. The highest BCUT2D eigenvalue weighted by Gasteiger charge is 2.04. The predicted molar refractivity (Wildman–Crippen MR) is 55.7 cm³/mol. The second-order valence-electron chi connectivity index (χ2n) is 3.97. The van der Waals surface area contributed by atoms with Gasteiger partial charge in [0.05, 0.1) is 0 Å². The zero-order valence-corrected chi connectivity index (χ0v) is 8.72. The summed E-state index contributed by atoms with van der Waals surface area (Å²) in [6.07, 6.45) is 3.29. The number of allylic oxidation sites excluding steroid dienone is 2. The Morgan fingerprint density at radius 2 is 1.83 bits per heavy atom. The minimum absolute atomic E-state index is 0.487. The van der Waals surface area contributed by atoms with Crippen LogP contribution in [0.4, 0.5) is 0 Å². The van der Waals surface area contributed by atoms with Gasteiger partial charge in [-0.25, -0.2) is 0 Å². The monoisotopic (exact) mass is 167 g/mol. The molecule has 0 aliphatic heterocycles. The molecule has 0 aromatic rings. The molecule has 12 heavy (non-hydrogen) atoms. The summed E-state index contributed by atoms with van der Waals surface area (Å²) in [6.45, 7) is 12.5. The van der Waals surface area contributed by atoms with Crippen LogP contribution in [0.15, 0.2) is 23.9 Å². The van der Waals surface area contributed by atoms with Gasteiger partial charge in [-0.2, -0.15) is 0 Å². The Kier molecular flexibility index (Phi) is 4.72. The normalized spacial score (nSPS) is 12.7. The SMILES string of the molecule is C=C(N)/C(=C\CC(C)C)C(C)C. The van der Waals surface area contributed by atoms with Gasteiger partial charge in [0.1, 0.15) is 0 Å². The van der Waals surface area contributed by atoms with Crippen LogP contribution in [-0.2, 0) is 0 Å². The smallest absolute Gasteiger partial charge is 0.0272 e. The lowest BCUT2D eigenvalue weighted by Gasteiger charge is -2.11. The second kappa shape index (κ2) is 5.02. The molecule has 1 nitrogen and oxygen atoms in total. The van der Waals surface area contributed by atoms with E-state index in [4.69, 9.17) is 5.73 Å². The number of rotatable bonds is 4. The minimum Gasteiger partial charge on any atom is -0.399 e. The van der Waals surface area contributed by atoms with Gasteiger partial charge in [-0.15, -0.1) is 0 Å². The molecule has 0 atom stereocenters. The Morgan fingerprint density at radius 3 is 2.08 bits per heavy atom. The molecule has 70 valence electrons. The van der Waals surface area contributed by atoms with Crippen LogP contribution in [0, 0.1) is 11.8 Å². The summed E-state index contributed by atoms with van der Waals surface area (Å²) in [5.74, 6) is 1.18. The molecule has 0 rings (SSSR count). The summed E-state index contributed by atoms with van der Waals surface area (Å²) < 4.78 is 0. The third kappa shape index (κ3) is 4.22. The first-order valence-corrected chi connectivity index (χ1v) is 4.60. The largest absolute Gasteiger partial charge is 0.399 e. The summed E-state index contributed by atoms with van der Waals surface area (Å²) in [4.78, 5) is 0. The molecule has 0 bridgehead atoms. The van der Waals surface area contributed by atoms with E-state index in [2.05, 4.69) is 40.3 Å². The van der Waals surface area contributed by atoms with Crippen LogP contribution in [0.1, 0.15) is 34.1 Å². The van der Waals surface area contributed by atoms with Gasteiger partial charge >= 0.3 is 0 Å². The van der Waals surface area contributed by atoms with Crippen molar-refractivity contribution in [1.82, 2.24) is 0 Å². The zero-order chi connectivity index (χ0) is 9.72. The number of hydrogen-bond donors (Lipinski definition) is 1. The molecule has 1 heteroatoms.